The van der Waals surface area contributed by atoms with Gasteiger partial charge in [-0.1, -0.05) is 6.42 Å². The van der Waals surface area contributed by atoms with Crippen molar-refractivity contribution in [2.75, 3.05) is 5.32 Å². The minimum Gasteiger partial charge on any atom is -0.326 e. The summed E-state index contributed by atoms with van der Waals surface area (Å²) < 4.78 is 27.6. The standard InChI is InChI=1S/C15H20N2O3S/c1-10(18)16-13-4-6-14(7-5-13)21(19,20)17-15-9-11-2-3-12(15)8-11/h4-7,11-12,15,17H,2-3,8-9H2,1H3,(H,16,18)/t11-,12-,15-/m0/s1. The predicted molar refractivity (Wildman–Crippen MR) is 80.3 cm³/mol. The normalized spacial score (nSPS) is 27.8. The molecule has 2 aliphatic rings. The van der Waals surface area contributed by atoms with Gasteiger partial charge in [0.2, 0.25) is 15.9 Å². The summed E-state index contributed by atoms with van der Waals surface area (Å²) in [6.45, 7) is 1.42. The van der Waals surface area contributed by atoms with Crippen LogP contribution in [0.1, 0.15) is 32.6 Å². The van der Waals surface area contributed by atoms with Gasteiger partial charge in [0, 0.05) is 18.7 Å². The van der Waals surface area contributed by atoms with E-state index in [2.05, 4.69) is 10.0 Å². The van der Waals surface area contributed by atoms with Gasteiger partial charge in [-0.3, -0.25) is 4.79 Å². The Morgan fingerprint density at radius 2 is 1.86 bits per heavy atom. The van der Waals surface area contributed by atoms with Crippen LogP contribution in [0.2, 0.25) is 0 Å². The Kier molecular flexibility index (Phi) is 3.75. The first-order valence-electron chi connectivity index (χ1n) is 7.34. The van der Waals surface area contributed by atoms with E-state index in [4.69, 9.17) is 0 Å². The van der Waals surface area contributed by atoms with Crippen LogP contribution < -0.4 is 10.0 Å². The molecule has 21 heavy (non-hydrogen) atoms. The fourth-order valence-corrected chi connectivity index (χ4v) is 4.89. The summed E-state index contributed by atoms with van der Waals surface area (Å²) in [5, 5.41) is 2.62. The third kappa shape index (κ3) is 3.11. The molecule has 2 fully saturated rings. The summed E-state index contributed by atoms with van der Waals surface area (Å²) in [5.74, 6) is 1.03. The van der Waals surface area contributed by atoms with Gasteiger partial charge in [-0.25, -0.2) is 13.1 Å². The van der Waals surface area contributed by atoms with Gasteiger partial charge in [-0.2, -0.15) is 0 Å². The third-order valence-electron chi connectivity index (χ3n) is 4.53. The van der Waals surface area contributed by atoms with E-state index in [9.17, 15) is 13.2 Å². The molecule has 0 aromatic heterocycles. The first-order valence-corrected chi connectivity index (χ1v) is 8.82. The van der Waals surface area contributed by atoms with E-state index in [0.717, 1.165) is 19.3 Å². The van der Waals surface area contributed by atoms with Crippen molar-refractivity contribution in [2.45, 2.75) is 43.5 Å². The molecule has 2 aliphatic carbocycles. The van der Waals surface area contributed by atoms with Crippen LogP contribution in [-0.4, -0.2) is 20.4 Å². The van der Waals surface area contributed by atoms with Crippen LogP contribution in [0.4, 0.5) is 5.69 Å². The second-order valence-corrected chi connectivity index (χ2v) is 7.82. The molecule has 0 saturated heterocycles. The van der Waals surface area contributed by atoms with Crippen molar-refractivity contribution in [3.63, 3.8) is 0 Å². The van der Waals surface area contributed by atoms with Gasteiger partial charge in [0.05, 0.1) is 4.90 Å². The summed E-state index contributed by atoms with van der Waals surface area (Å²) in [5.41, 5.74) is 0.598. The molecule has 0 radical (unpaired) electrons. The van der Waals surface area contributed by atoms with E-state index in [1.807, 2.05) is 0 Å². The number of hydrogen-bond donors (Lipinski definition) is 2. The van der Waals surface area contributed by atoms with Crippen molar-refractivity contribution in [3.05, 3.63) is 24.3 Å². The Morgan fingerprint density at radius 3 is 2.38 bits per heavy atom. The lowest BCUT2D eigenvalue weighted by Gasteiger charge is -2.22. The van der Waals surface area contributed by atoms with E-state index in [-0.39, 0.29) is 16.8 Å². The fraction of sp³-hybridized carbons (Fsp3) is 0.533. The lowest BCUT2D eigenvalue weighted by atomic mass is 9.96. The molecule has 0 aliphatic heterocycles. The van der Waals surface area contributed by atoms with Crippen LogP contribution in [0, 0.1) is 11.8 Å². The van der Waals surface area contributed by atoms with Crippen LogP contribution in [0.3, 0.4) is 0 Å². The Morgan fingerprint density at radius 1 is 1.14 bits per heavy atom. The van der Waals surface area contributed by atoms with Gasteiger partial charge in [-0.05, 0) is 55.4 Å². The minimum absolute atomic E-state index is 0.0868. The first kappa shape index (κ1) is 14.5. The number of hydrogen-bond acceptors (Lipinski definition) is 3. The van der Waals surface area contributed by atoms with Crippen molar-refractivity contribution in [1.82, 2.24) is 4.72 Å². The Labute approximate surface area is 125 Å². The molecule has 1 aromatic rings. The highest BCUT2D eigenvalue weighted by atomic mass is 32.2. The lowest BCUT2D eigenvalue weighted by molar-refractivity contribution is -0.114. The molecule has 2 bridgehead atoms. The van der Waals surface area contributed by atoms with E-state index in [1.165, 1.54) is 25.5 Å². The molecule has 1 aromatic carbocycles. The van der Waals surface area contributed by atoms with Crippen LogP contribution >= 0.6 is 0 Å². The maximum atomic E-state index is 12.4. The molecule has 1 amide bonds. The third-order valence-corrected chi connectivity index (χ3v) is 6.04. The zero-order valence-corrected chi connectivity index (χ0v) is 12.8. The minimum atomic E-state index is -3.47. The predicted octanol–water partition coefficient (Wildman–Crippen LogP) is 2.11. The van der Waals surface area contributed by atoms with Gasteiger partial charge >= 0.3 is 0 Å². The summed E-state index contributed by atoms with van der Waals surface area (Å²) in [7, 11) is -3.47. The number of nitrogens with one attached hydrogen (secondary N) is 2. The van der Waals surface area contributed by atoms with Gasteiger partial charge in [0.25, 0.3) is 0 Å². The Balaban J connectivity index is 1.71. The van der Waals surface area contributed by atoms with Crippen LogP contribution in [-0.2, 0) is 14.8 Å². The van der Waals surface area contributed by atoms with Crippen molar-refractivity contribution in [1.29, 1.82) is 0 Å². The van der Waals surface area contributed by atoms with Gasteiger partial charge in [-0.15, -0.1) is 0 Å². The number of carbonyl (C=O) groups excluding carboxylic acids is 1. The average Bonchev–Trinajstić information content (AvgIpc) is 3.00. The average molecular weight is 308 g/mol. The number of amides is 1. The van der Waals surface area contributed by atoms with Gasteiger partial charge in [0.1, 0.15) is 0 Å². The molecule has 6 heteroatoms. The largest absolute Gasteiger partial charge is 0.326 e. The van der Waals surface area contributed by atoms with E-state index >= 15 is 0 Å². The summed E-state index contributed by atoms with van der Waals surface area (Å²) in [4.78, 5) is 11.2. The molecule has 3 rings (SSSR count). The van der Waals surface area contributed by atoms with Crippen molar-refractivity contribution < 1.29 is 13.2 Å². The number of anilines is 1. The van der Waals surface area contributed by atoms with Crippen molar-refractivity contribution in [3.8, 4) is 0 Å². The second kappa shape index (κ2) is 5.42. The quantitative estimate of drug-likeness (QED) is 0.894. The topological polar surface area (TPSA) is 75.3 Å². The molecular weight excluding hydrogens is 288 g/mol. The summed E-state index contributed by atoms with van der Waals surface area (Å²) >= 11 is 0. The highest BCUT2D eigenvalue weighted by Crippen LogP contribution is 2.44. The molecule has 0 heterocycles. The van der Waals surface area contributed by atoms with E-state index in [0.29, 0.717) is 17.5 Å². The molecule has 2 saturated carbocycles. The smallest absolute Gasteiger partial charge is 0.240 e. The molecular formula is C15H20N2O3S. The fourth-order valence-electron chi connectivity index (χ4n) is 3.58. The zero-order chi connectivity index (χ0) is 15.0. The van der Waals surface area contributed by atoms with Gasteiger partial charge in [0.15, 0.2) is 0 Å². The van der Waals surface area contributed by atoms with E-state index < -0.39 is 10.0 Å². The SMILES string of the molecule is CC(=O)Nc1ccc(S(=O)(=O)N[C@H]2C[C@H]3CC[C@H]2C3)cc1. The summed E-state index contributed by atoms with van der Waals surface area (Å²) in [6, 6.07) is 6.36. The van der Waals surface area contributed by atoms with E-state index in [1.54, 1.807) is 12.1 Å². The van der Waals surface area contributed by atoms with Crippen LogP contribution in [0.25, 0.3) is 0 Å². The highest BCUT2D eigenvalue weighted by molar-refractivity contribution is 7.89. The zero-order valence-electron chi connectivity index (χ0n) is 12.0. The summed E-state index contributed by atoms with van der Waals surface area (Å²) in [6.07, 6.45) is 4.51. The number of rotatable bonds is 4. The number of benzene rings is 1. The maximum absolute atomic E-state index is 12.4. The molecule has 2 N–H and O–H groups in total. The van der Waals surface area contributed by atoms with Crippen LogP contribution in [0.5, 0.6) is 0 Å². The van der Waals surface area contributed by atoms with Crippen LogP contribution in [0.15, 0.2) is 29.2 Å². The molecule has 5 nitrogen and oxygen atoms in total. The second-order valence-electron chi connectivity index (χ2n) is 6.11. The molecule has 0 unspecified atom stereocenters. The number of fused-ring (bicyclic) bond motifs is 2. The van der Waals surface area contributed by atoms with Crippen molar-refractivity contribution >= 4 is 21.6 Å². The number of carbonyl (C=O) groups is 1. The molecule has 3 atom stereocenters. The molecule has 114 valence electrons. The van der Waals surface area contributed by atoms with Gasteiger partial charge < -0.3 is 5.32 Å². The number of sulfonamides is 1. The Hall–Kier alpha value is -1.40. The maximum Gasteiger partial charge on any atom is 0.240 e. The Bertz CT molecular complexity index is 639. The molecule has 0 spiro atoms. The highest BCUT2D eigenvalue weighted by Gasteiger charge is 2.41. The lowest BCUT2D eigenvalue weighted by Crippen LogP contribution is -2.38. The first-order chi connectivity index (χ1) is 9.94. The monoisotopic (exact) mass is 308 g/mol. The van der Waals surface area contributed by atoms with Crippen molar-refractivity contribution in [2.24, 2.45) is 11.8 Å².